The fraction of sp³-hybridized carbons (Fsp3) is 0.375. The van der Waals surface area contributed by atoms with Crippen molar-refractivity contribution in [1.29, 1.82) is 0 Å². The van der Waals surface area contributed by atoms with E-state index in [2.05, 4.69) is 15.6 Å². The number of hydrogen-bond donors (Lipinski definition) is 2. The van der Waals surface area contributed by atoms with Gasteiger partial charge in [-0.25, -0.2) is 4.39 Å². The van der Waals surface area contributed by atoms with Crippen molar-refractivity contribution in [3.63, 3.8) is 0 Å². The van der Waals surface area contributed by atoms with E-state index in [9.17, 15) is 9.18 Å². The highest BCUT2D eigenvalue weighted by Gasteiger charge is 2.17. The fourth-order valence-electron chi connectivity index (χ4n) is 2.64. The van der Waals surface area contributed by atoms with Gasteiger partial charge in [0, 0.05) is 25.1 Å². The Bertz CT molecular complexity index is 705. The largest absolute Gasteiger partial charge is 0.494 e. The number of aromatic nitrogens is 1. The van der Waals surface area contributed by atoms with Crippen molar-refractivity contribution in [2.45, 2.75) is 18.9 Å². The van der Waals surface area contributed by atoms with E-state index in [4.69, 9.17) is 4.74 Å². The maximum atomic E-state index is 13.8. The number of benzene rings is 1. The van der Waals surface area contributed by atoms with E-state index in [0.717, 1.165) is 25.9 Å². The first-order valence-electron chi connectivity index (χ1n) is 7.32. The smallest absolute Gasteiger partial charge is 0.253 e. The lowest BCUT2D eigenvalue weighted by molar-refractivity contribution is 0.0929. The highest BCUT2D eigenvalue weighted by molar-refractivity contribution is 5.97. The quantitative estimate of drug-likeness (QED) is 0.911. The number of carbonyl (C=O) groups excluding carboxylic acids is 1. The molecule has 6 heteroatoms. The lowest BCUT2D eigenvalue weighted by Gasteiger charge is -2.23. The predicted octanol–water partition coefficient (Wildman–Crippen LogP) is 2.11. The summed E-state index contributed by atoms with van der Waals surface area (Å²) < 4.78 is 18.7. The number of rotatable bonds is 3. The highest BCUT2D eigenvalue weighted by atomic mass is 19.1. The van der Waals surface area contributed by atoms with Crippen molar-refractivity contribution in [3.8, 4) is 5.75 Å². The zero-order chi connectivity index (χ0) is 15.5. The Labute approximate surface area is 129 Å². The third kappa shape index (κ3) is 3.01. The molecule has 1 aliphatic heterocycles. The maximum Gasteiger partial charge on any atom is 0.253 e. The second-order valence-corrected chi connectivity index (χ2v) is 5.40. The van der Waals surface area contributed by atoms with Gasteiger partial charge in [-0.3, -0.25) is 9.78 Å². The van der Waals surface area contributed by atoms with Crippen LogP contribution in [0.4, 0.5) is 4.39 Å². The Balaban J connectivity index is 0.00000192. The number of carbonyl (C=O) groups is 1. The van der Waals surface area contributed by atoms with Crippen LogP contribution < -0.4 is 15.4 Å². The molecule has 1 aromatic heterocycles. The van der Waals surface area contributed by atoms with Crippen LogP contribution in [0.2, 0.25) is 0 Å². The number of methoxy groups -OCH3 is 1. The molecule has 1 saturated heterocycles. The minimum atomic E-state index is -0.465. The van der Waals surface area contributed by atoms with Crippen LogP contribution in [-0.2, 0) is 0 Å². The van der Waals surface area contributed by atoms with Gasteiger partial charge in [0.15, 0.2) is 11.6 Å². The standard InChI is InChI=1S/C16H18FN3O2.H2/c1-22-15-8-14-10(7-13(15)17)6-11(9-19-14)16(21)20-12-2-4-18-5-3-12;/h6-9,12,18H,2-5H2,1H3,(H,20,21);1H. The van der Waals surface area contributed by atoms with Gasteiger partial charge >= 0.3 is 0 Å². The molecule has 0 saturated carbocycles. The summed E-state index contributed by atoms with van der Waals surface area (Å²) in [6.45, 7) is 1.82. The number of halogens is 1. The molecule has 2 N–H and O–H groups in total. The minimum absolute atomic E-state index is 0. The van der Waals surface area contributed by atoms with Crippen LogP contribution >= 0.6 is 0 Å². The molecule has 2 heterocycles. The monoisotopic (exact) mass is 305 g/mol. The first-order chi connectivity index (χ1) is 10.7. The van der Waals surface area contributed by atoms with Crippen molar-refractivity contribution in [1.82, 2.24) is 15.6 Å². The van der Waals surface area contributed by atoms with Crippen molar-refractivity contribution in [2.24, 2.45) is 0 Å². The maximum absolute atomic E-state index is 13.8. The minimum Gasteiger partial charge on any atom is -0.494 e. The van der Waals surface area contributed by atoms with E-state index in [0.29, 0.717) is 16.5 Å². The zero-order valence-corrected chi connectivity index (χ0v) is 12.4. The summed E-state index contributed by atoms with van der Waals surface area (Å²) in [5, 5.41) is 6.83. The molecule has 3 rings (SSSR count). The number of hydrogen-bond acceptors (Lipinski definition) is 4. The van der Waals surface area contributed by atoms with Crippen LogP contribution in [-0.4, -0.2) is 37.1 Å². The van der Waals surface area contributed by atoms with Crippen LogP contribution in [0.3, 0.4) is 0 Å². The summed E-state index contributed by atoms with van der Waals surface area (Å²) >= 11 is 0. The second-order valence-electron chi connectivity index (χ2n) is 5.40. The Morgan fingerprint density at radius 2 is 2.18 bits per heavy atom. The first kappa shape index (κ1) is 14.7. The molecule has 5 nitrogen and oxygen atoms in total. The lowest BCUT2D eigenvalue weighted by atomic mass is 10.1. The molecule has 0 bridgehead atoms. The van der Waals surface area contributed by atoms with E-state index in [1.807, 2.05) is 0 Å². The molecule has 0 aliphatic carbocycles. The molecular formula is C16H20FN3O2. The Morgan fingerprint density at radius 1 is 1.41 bits per heavy atom. The van der Waals surface area contributed by atoms with Gasteiger partial charge < -0.3 is 15.4 Å². The van der Waals surface area contributed by atoms with Crippen LogP contribution in [0, 0.1) is 5.82 Å². The molecule has 118 valence electrons. The molecule has 1 amide bonds. The first-order valence-corrected chi connectivity index (χ1v) is 7.32. The molecule has 0 atom stereocenters. The van der Waals surface area contributed by atoms with Crippen molar-refractivity contribution in [2.75, 3.05) is 20.2 Å². The van der Waals surface area contributed by atoms with Gasteiger partial charge in [0.2, 0.25) is 0 Å². The highest BCUT2D eigenvalue weighted by Crippen LogP contribution is 2.23. The van der Waals surface area contributed by atoms with Crippen molar-refractivity contribution < 1.29 is 15.3 Å². The van der Waals surface area contributed by atoms with Crippen LogP contribution in [0.5, 0.6) is 5.75 Å². The predicted molar refractivity (Wildman–Crippen MR) is 83.7 cm³/mol. The summed E-state index contributed by atoms with van der Waals surface area (Å²) in [5.74, 6) is -0.489. The number of nitrogens with zero attached hydrogens (tertiary/aromatic N) is 1. The number of nitrogens with one attached hydrogen (secondary N) is 2. The molecule has 0 unspecified atom stereocenters. The molecule has 0 radical (unpaired) electrons. The van der Waals surface area contributed by atoms with Gasteiger partial charge in [-0.2, -0.15) is 0 Å². The van der Waals surface area contributed by atoms with Crippen molar-refractivity contribution >= 4 is 16.8 Å². The average molecular weight is 305 g/mol. The average Bonchev–Trinajstić information content (AvgIpc) is 2.54. The van der Waals surface area contributed by atoms with Gasteiger partial charge in [0.25, 0.3) is 5.91 Å². The number of ether oxygens (including phenoxy) is 1. The van der Waals surface area contributed by atoms with Crippen LogP contribution in [0.25, 0.3) is 10.9 Å². The Kier molecular flexibility index (Phi) is 4.20. The summed E-state index contributed by atoms with van der Waals surface area (Å²) in [6, 6.07) is 4.69. The van der Waals surface area contributed by atoms with E-state index in [1.165, 1.54) is 25.4 Å². The van der Waals surface area contributed by atoms with Gasteiger partial charge in [-0.1, -0.05) is 0 Å². The van der Waals surface area contributed by atoms with E-state index in [-0.39, 0.29) is 19.1 Å². The molecule has 1 fully saturated rings. The molecular weight excluding hydrogens is 285 g/mol. The molecule has 0 spiro atoms. The summed E-state index contributed by atoms with van der Waals surface area (Å²) in [7, 11) is 1.41. The third-order valence-corrected chi connectivity index (χ3v) is 3.89. The normalized spacial score (nSPS) is 15.7. The van der Waals surface area contributed by atoms with Crippen LogP contribution in [0.15, 0.2) is 24.4 Å². The zero-order valence-electron chi connectivity index (χ0n) is 12.4. The van der Waals surface area contributed by atoms with Crippen molar-refractivity contribution in [3.05, 3.63) is 35.8 Å². The molecule has 1 aliphatic rings. The number of amides is 1. The number of pyridine rings is 1. The topological polar surface area (TPSA) is 63.2 Å². The number of fused-ring (bicyclic) bond motifs is 1. The SMILES string of the molecule is COc1cc2ncc(C(=O)NC3CCNCC3)cc2cc1F.[HH]. The fourth-order valence-corrected chi connectivity index (χ4v) is 2.64. The Morgan fingerprint density at radius 3 is 2.91 bits per heavy atom. The summed E-state index contributed by atoms with van der Waals surface area (Å²) in [6.07, 6.45) is 3.34. The number of piperidine rings is 1. The molecule has 1 aromatic carbocycles. The van der Waals surface area contributed by atoms with Gasteiger partial charge in [0.1, 0.15) is 0 Å². The summed E-state index contributed by atoms with van der Waals surface area (Å²) in [5.41, 5.74) is 1.03. The third-order valence-electron chi connectivity index (χ3n) is 3.89. The molecule has 22 heavy (non-hydrogen) atoms. The second kappa shape index (κ2) is 6.27. The summed E-state index contributed by atoms with van der Waals surface area (Å²) in [4.78, 5) is 16.5. The van der Waals surface area contributed by atoms with Gasteiger partial charge in [-0.05, 0) is 38.1 Å². The van der Waals surface area contributed by atoms with Gasteiger partial charge in [0.05, 0.1) is 18.2 Å². The van der Waals surface area contributed by atoms with E-state index < -0.39 is 5.82 Å². The lowest BCUT2D eigenvalue weighted by Crippen LogP contribution is -2.42. The van der Waals surface area contributed by atoms with E-state index >= 15 is 0 Å². The Hall–Kier alpha value is -2.21. The molecule has 2 aromatic rings. The van der Waals surface area contributed by atoms with Crippen LogP contribution in [0.1, 0.15) is 24.6 Å². The van der Waals surface area contributed by atoms with Gasteiger partial charge in [-0.15, -0.1) is 0 Å². The van der Waals surface area contributed by atoms with E-state index in [1.54, 1.807) is 6.07 Å².